The maximum atomic E-state index is 13.5. The third-order valence-corrected chi connectivity index (χ3v) is 6.22. The molecule has 11 heteroatoms. The number of thioether (sulfide) groups is 1. The normalized spacial score (nSPS) is 13.1. The van der Waals surface area contributed by atoms with Crippen molar-refractivity contribution in [1.29, 1.82) is 0 Å². The highest BCUT2D eigenvalue weighted by Crippen LogP contribution is 2.29. The summed E-state index contributed by atoms with van der Waals surface area (Å²) in [6, 6.07) is 3.18. The molecule has 0 saturated carbocycles. The number of aromatic nitrogens is 2. The summed E-state index contributed by atoms with van der Waals surface area (Å²) in [4.78, 5) is 41.4. The van der Waals surface area contributed by atoms with Crippen LogP contribution >= 0.6 is 11.8 Å². The molecule has 1 aliphatic carbocycles. The maximum Gasteiger partial charge on any atom is 0.348 e. The van der Waals surface area contributed by atoms with Gasteiger partial charge in [0, 0.05) is 29.6 Å². The van der Waals surface area contributed by atoms with Gasteiger partial charge in [0.1, 0.15) is 5.03 Å². The average molecular weight is 464 g/mol. The van der Waals surface area contributed by atoms with Crippen molar-refractivity contribution < 1.29 is 14.1 Å². The third kappa shape index (κ3) is 5.92. The summed E-state index contributed by atoms with van der Waals surface area (Å²) in [7, 11) is 3.98. The summed E-state index contributed by atoms with van der Waals surface area (Å²) < 4.78 is 15.2. The zero-order valence-corrected chi connectivity index (χ0v) is 18.9. The van der Waals surface area contributed by atoms with Crippen LogP contribution in [0.5, 0.6) is 0 Å². The highest BCUT2D eigenvalue weighted by Gasteiger charge is 2.21. The van der Waals surface area contributed by atoms with Gasteiger partial charge in [0.05, 0.1) is 10.7 Å². The Hall–Kier alpha value is -2.79. The number of nitro groups is 1. The van der Waals surface area contributed by atoms with Crippen molar-refractivity contribution in [1.82, 2.24) is 14.5 Å². The van der Waals surface area contributed by atoms with E-state index in [-0.39, 0.29) is 17.1 Å². The fraction of sp³-hybridized carbons (Fsp3) is 0.476. The number of amides is 1. The minimum Gasteiger partial charge on any atom is -0.325 e. The van der Waals surface area contributed by atoms with E-state index in [2.05, 4.69) is 15.2 Å². The molecule has 1 aliphatic rings. The van der Waals surface area contributed by atoms with Crippen LogP contribution in [0, 0.1) is 15.9 Å². The summed E-state index contributed by atoms with van der Waals surface area (Å²) in [6.07, 6.45) is 4.49. The van der Waals surface area contributed by atoms with E-state index in [1.54, 1.807) is 4.57 Å². The Labute approximate surface area is 189 Å². The van der Waals surface area contributed by atoms with Crippen LogP contribution in [-0.2, 0) is 24.2 Å². The SMILES string of the molecule is CN(C)CCCn1c2c(c(SCC(=O)Nc3ccc(F)c([N+](=O)[O-])c3)nc1=O)CCCC2. The molecule has 0 unspecified atom stereocenters. The van der Waals surface area contributed by atoms with Crippen LogP contribution in [0.15, 0.2) is 28.0 Å². The molecule has 172 valence electrons. The summed E-state index contributed by atoms with van der Waals surface area (Å²) in [5.41, 5.74) is 1.16. The molecule has 0 aliphatic heterocycles. The molecule has 2 aromatic rings. The first-order chi connectivity index (χ1) is 15.3. The Kier molecular flexibility index (Phi) is 7.97. The second-order valence-electron chi connectivity index (χ2n) is 7.90. The van der Waals surface area contributed by atoms with Crippen LogP contribution in [0.4, 0.5) is 15.8 Å². The van der Waals surface area contributed by atoms with Crippen LogP contribution < -0.4 is 11.0 Å². The van der Waals surface area contributed by atoms with Gasteiger partial charge < -0.3 is 10.2 Å². The predicted octanol–water partition coefficient (Wildman–Crippen LogP) is 2.85. The zero-order chi connectivity index (χ0) is 23.3. The Balaban J connectivity index is 1.71. The Bertz CT molecular complexity index is 1070. The van der Waals surface area contributed by atoms with Gasteiger partial charge in [-0.15, -0.1) is 0 Å². The van der Waals surface area contributed by atoms with Gasteiger partial charge in [-0.1, -0.05) is 11.8 Å². The topological polar surface area (TPSA) is 110 Å². The lowest BCUT2D eigenvalue weighted by molar-refractivity contribution is -0.387. The predicted molar refractivity (Wildman–Crippen MR) is 121 cm³/mol. The smallest absolute Gasteiger partial charge is 0.325 e. The van der Waals surface area contributed by atoms with Crippen molar-refractivity contribution in [2.24, 2.45) is 0 Å². The standard InChI is InChI=1S/C21H26FN5O4S/c1-25(2)10-5-11-26-17-7-4-3-6-15(17)20(24-21(26)29)32-13-19(28)23-14-8-9-16(22)18(12-14)27(30)31/h8-9,12H,3-7,10-11,13H2,1-2H3,(H,23,28). The lowest BCUT2D eigenvalue weighted by Crippen LogP contribution is -2.31. The van der Waals surface area contributed by atoms with Crippen LogP contribution in [0.25, 0.3) is 0 Å². The van der Waals surface area contributed by atoms with Crippen LogP contribution in [0.2, 0.25) is 0 Å². The molecule has 0 spiro atoms. The van der Waals surface area contributed by atoms with E-state index in [0.717, 1.165) is 62.0 Å². The molecular weight excluding hydrogens is 437 g/mol. The molecule has 0 radical (unpaired) electrons. The lowest BCUT2D eigenvalue weighted by Gasteiger charge is -2.23. The monoisotopic (exact) mass is 463 g/mol. The molecule has 0 fully saturated rings. The minimum absolute atomic E-state index is 0.0191. The molecule has 9 nitrogen and oxygen atoms in total. The Morgan fingerprint density at radius 1 is 1.34 bits per heavy atom. The lowest BCUT2D eigenvalue weighted by atomic mass is 9.97. The Morgan fingerprint density at radius 3 is 2.81 bits per heavy atom. The molecule has 3 rings (SSSR count). The Morgan fingerprint density at radius 2 is 2.09 bits per heavy atom. The first-order valence-electron chi connectivity index (χ1n) is 10.4. The van der Waals surface area contributed by atoms with Gasteiger partial charge in [0.25, 0.3) is 0 Å². The molecule has 1 amide bonds. The van der Waals surface area contributed by atoms with E-state index in [9.17, 15) is 24.1 Å². The van der Waals surface area contributed by atoms with Crippen molar-refractivity contribution >= 4 is 29.0 Å². The molecule has 32 heavy (non-hydrogen) atoms. The number of anilines is 1. The minimum atomic E-state index is -0.968. The summed E-state index contributed by atoms with van der Waals surface area (Å²) in [5.74, 6) is -1.41. The van der Waals surface area contributed by atoms with Crippen molar-refractivity contribution in [2.75, 3.05) is 31.7 Å². The number of hydrogen-bond donors (Lipinski definition) is 1. The molecule has 1 heterocycles. The van der Waals surface area contributed by atoms with Crippen LogP contribution in [-0.4, -0.2) is 51.7 Å². The number of carbonyl (C=O) groups excluding carboxylic acids is 1. The average Bonchev–Trinajstić information content (AvgIpc) is 2.75. The fourth-order valence-electron chi connectivity index (χ4n) is 3.70. The quantitative estimate of drug-likeness (QED) is 0.263. The van der Waals surface area contributed by atoms with E-state index in [0.29, 0.717) is 11.6 Å². The number of nitrogens with zero attached hydrogens (tertiary/aromatic N) is 4. The number of halogens is 1. The van der Waals surface area contributed by atoms with Crippen molar-refractivity contribution in [3.8, 4) is 0 Å². The number of hydrogen-bond acceptors (Lipinski definition) is 7. The van der Waals surface area contributed by atoms with Gasteiger partial charge in [-0.25, -0.2) is 4.79 Å². The number of fused-ring (bicyclic) bond motifs is 1. The highest BCUT2D eigenvalue weighted by atomic mass is 32.2. The summed E-state index contributed by atoms with van der Waals surface area (Å²) in [5, 5.41) is 14.0. The van der Waals surface area contributed by atoms with E-state index in [1.165, 1.54) is 17.8 Å². The highest BCUT2D eigenvalue weighted by molar-refractivity contribution is 8.00. The van der Waals surface area contributed by atoms with E-state index in [4.69, 9.17) is 0 Å². The second kappa shape index (κ2) is 10.7. The van der Waals surface area contributed by atoms with Gasteiger partial charge in [-0.3, -0.25) is 19.5 Å². The number of rotatable bonds is 9. The summed E-state index contributed by atoms with van der Waals surface area (Å²) >= 11 is 1.17. The summed E-state index contributed by atoms with van der Waals surface area (Å²) in [6.45, 7) is 1.49. The van der Waals surface area contributed by atoms with E-state index >= 15 is 0 Å². The third-order valence-electron chi connectivity index (χ3n) is 5.20. The van der Waals surface area contributed by atoms with Crippen LogP contribution in [0.1, 0.15) is 30.5 Å². The number of nitro benzene ring substituents is 1. The first kappa shape index (κ1) is 23.9. The van der Waals surface area contributed by atoms with Crippen molar-refractivity contribution in [2.45, 2.75) is 43.7 Å². The first-order valence-corrected chi connectivity index (χ1v) is 11.4. The molecule has 1 aromatic carbocycles. The van der Waals surface area contributed by atoms with E-state index in [1.807, 2.05) is 14.1 Å². The van der Waals surface area contributed by atoms with Crippen LogP contribution in [0.3, 0.4) is 0 Å². The van der Waals surface area contributed by atoms with Gasteiger partial charge in [-0.05, 0) is 64.9 Å². The molecular formula is C21H26FN5O4S. The molecule has 0 bridgehead atoms. The largest absolute Gasteiger partial charge is 0.348 e. The maximum absolute atomic E-state index is 13.5. The molecule has 1 aromatic heterocycles. The van der Waals surface area contributed by atoms with Crippen molar-refractivity contribution in [3.63, 3.8) is 0 Å². The second-order valence-corrected chi connectivity index (χ2v) is 8.86. The van der Waals surface area contributed by atoms with Gasteiger partial charge in [0.2, 0.25) is 11.7 Å². The molecule has 0 saturated heterocycles. The van der Waals surface area contributed by atoms with Gasteiger partial charge in [-0.2, -0.15) is 9.37 Å². The van der Waals surface area contributed by atoms with Gasteiger partial charge in [0.15, 0.2) is 0 Å². The number of carbonyl (C=O) groups is 1. The molecule has 0 atom stereocenters. The fourth-order valence-corrected chi connectivity index (χ4v) is 4.58. The number of benzene rings is 1. The number of nitrogens with one attached hydrogen (secondary N) is 1. The zero-order valence-electron chi connectivity index (χ0n) is 18.1. The molecule has 1 N–H and O–H groups in total. The van der Waals surface area contributed by atoms with Gasteiger partial charge >= 0.3 is 11.4 Å². The van der Waals surface area contributed by atoms with E-state index < -0.39 is 22.3 Å². The van der Waals surface area contributed by atoms with Crippen molar-refractivity contribution in [3.05, 3.63) is 55.9 Å².